The van der Waals surface area contributed by atoms with E-state index in [9.17, 15) is 9.59 Å². The molecule has 1 amide bonds. The number of likely N-dealkylation sites (tertiary alicyclic amines) is 1. The summed E-state index contributed by atoms with van der Waals surface area (Å²) < 4.78 is 10.8. The Bertz CT molecular complexity index is 973. The molecule has 2 atom stereocenters. The number of hydrogen-bond acceptors (Lipinski definition) is 5. The van der Waals surface area contributed by atoms with E-state index in [-0.39, 0.29) is 17.7 Å². The maximum atomic E-state index is 13.5. The highest BCUT2D eigenvalue weighted by molar-refractivity contribution is 6.12. The van der Waals surface area contributed by atoms with E-state index >= 15 is 0 Å². The van der Waals surface area contributed by atoms with Crippen LogP contribution in [0, 0.1) is 5.41 Å². The van der Waals surface area contributed by atoms with Crippen LogP contribution >= 0.6 is 0 Å². The van der Waals surface area contributed by atoms with Crippen molar-refractivity contribution < 1.29 is 19.1 Å². The summed E-state index contributed by atoms with van der Waals surface area (Å²) >= 11 is 0. The van der Waals surface area contributed by atoms with Gasteiger partial charge in [0, 0.05) is 43.9 Å². The number of nitrogens with zero attached hydrogens (tertiary/aromatic N) is 2. The van der Waals surface area contributed by atoms with E-state index in [4.69, 9.17) is 9.47 Å². The second-order valence-corrected chi connectivity index (χ2v) is 8.07. The number of benzene rings is 2. The molecule has 0 N–H and O–H groups in total. The zero-order valence-corrected chi connectivity index (χ0v) is 17.3. The summed E-state index contributed by atoms with van der Waals surface area (Å²) in [5.41, 5.74) is 1.39. The molecule has 2 aromatic carbocycles. The van der Waals surface area contributed by atoms with E-state index < -0.39 is 5.41 Å². The first-order valence-corrected chi connectivity index (χ1v) is 9.73. The first-order valence-electron chi connectivity index (χ1n) is 9.73. The molecule has 2 aliphatic rings. The number of rotatable bonds is 4. The van der Waals surface area contributed by atoms with Gasteiger partial charge in [0.05, 0.1) is 31.2 Å². The Morgan fingerprint density at radius 3 is 2.48 bits per heavy atom. The molecule has 0 aromatic heterocycles. The van der Waals surface area contributed by atoms with Crippen LogP contribution in [0.25, 0.3) is 0 Å². The van der Waals surface area contributed by atoms with Gasteiger partial charge < -0.3 is 14.4 Å². The van der Waals surface area contributed by atoms with Crippen LogP contribution < -0.4 is 9.47 Å². The van der Waals surface area contributed by atoms with Crippen molar-refractivity contribution in [3.8, 4) is 11.5 Å². The van der Waals surface area contributed by atoms with E-state index in [0.29, 0.717) is 30.8 Å². The van der Waals surface area contributed by atoms with Crippen LogP contribution in [0.5, 0.6) is 11.5 Å². The van der Waals surface area contributed by atoms with Crippen LogP contribution in [0.1, 0.15) is 33.2 Å². The van der Waals surface area contributed by atoms with Crippen molar-refractivity contribution in [3.05, 3.63) is 59.2 Å². The molecule has 2 aromatic rings. The number of ether oxygens (including phenoxy) is 2. The van der Waals surface area contributed by atoms with Gasteiger partial charge in [-0.3, -0.25) is 14.5 Å². The Morgan fingerprint density at radius 2 is 1.79 bits per heavy atom. The highest BCUT2D eigenvalue weighted by Gasteiger charge is 2.53. The molecule has 0 aliphatic carbocycles. The molecular formula is C23H26N2O4. The van der Waals surface area contributed by atoms with E-state index in [2.05, 4.69) is 4.90 Å². The number of fused-ring (bicyclic) bond motifs is 2. The molecular weight excluding hydrogens is 368 g/mol. The van der Waals surface area contributed by atoms with Crippen LogP contribution in [0.3, 0.4) is 0 Å². The molecule has 2 heterocycles. The van der Waals surface area contributed by atoms with E-state index in [1.54, 1.807) is 38.3 Å². The second kappa shape index (κ2) is 7.19. The Balaban J connectivity index is 1.66. The maximum absolute atomic E-state index is 13.5. The monoisotopic (exact) mass is 394 g/mol. The molecule has 6 nitrogen and oxygen atoms in total. The predicted octanol–water partition coefficient (Wildman–Crippen LogP) is 2.86. The second-order valence-electron chi connectivity index (χ2n) is 8.07. The Labute approximate surface area is 171 Å². The molecule has 6 heteroatoms. The number of Topliss-reactive ketones (excluding diaryl/α,β-unsaturated/α-hetero) is 1. The summed E-state index contributed by atoms with van der Waals surface area (Å²) in [7, 11) is 5.07. The molecule has 0 bridgehead atoms. The van der Waals surface area contributed by atoms with Crippen LogP contribution in [-0.2, 0) is 6.54 Å². The van der Waals surface area contributed by atoms with Gasteiger partial charge in [0.15, 0.2) is 5.78 Å². The Hall–Kier alpha value is -2.86. The summed E-state index contributed by atoms with van der Waals surface area (Å²) in [6.45, 7) is 3.83. The van der Waals surface area contributed by atoms with Crippen LogP contribution in [0.15, 0.2) is 42.5 Å². The molecule has 152 valence electrons. The zero-order chi connectivity index (χ0) is 20.8. The van der Waals surface area contributed by atoms with E-state index in [1.165, 1.54) is 0 Å². The van der Waals surface area contributed by atoms with Gasteiger partial charge in [-0.15, -0.1) is 0 Å². The summed E-state index contributed by atoms with van der Waals surface area (Å²) in [4.78, 5) is 30.5. The molecule has 4 rings (SSSR count). The number of carbonyl (C=O) groups excluding carboxylic acids is 2. The van der Waals surface area contributed by atoms with Crippen LogP contribution in [0.4, 0.5) is 0 Å². The van der Waals surface area contributed by atoms with Gasteiger partial charge in [-0.1, -0.05) is 24.3 Å². The normalized spacial score (nSPS) is 24.1. The van der Waals surface area contributed by atoms with E-state index in [1.807, 2.05) is 37.3 Å². The summed E-state index contributed by atoms with van der Waals surface area (Å²) in [6.07, 6.45) is 0. The molecule has 0 saturated carbocycles. The van der Waals surface area contributed by atoms with Gasteiger partial charge >= 0.3 is 0 Å². The topological polar surface area (TPSA) is 59.1 Å². The number of carbonyl (C=O) groups is 2. The lowest BCUT2D eigenvalue weighted by Crippen LogP contribution is -2.47. The fraction of sp³-hybridized carbons (Fsp3) is 0.391. The standard InChI is InChI=1S/C23H26N2O4/c1-23-14-25(12-15-9-10-16(28-3)11-19(15)29-4)13-20(23)24(2)22(27)18-8-6-5-7-17(18)21(23)26/h5-11,20H,12-14H2,1-4H3/t20-,23+/m1/s1. The largest absolute Gasteiger partial charge is 0.497 e. The first-order chi connectivity index (χ1) is 13.9. The average Bonchev–Trinajstić information content (AvgIpc) is 3.07. The highest BCUT2D eigenvalue weighted by atomic mass is 16.5. The highest BCUT2D eigenvalue weighted by Crippen LogP contribution is 2.41. The lowest BCUT2D eigenvalue weighted by molar-refractivity contribution is 0.0606. The average molecular weight is 394 g/mol. The lowest BCUT2D eigenvalue weighted by atomic mass is 9.78. The van der Waals surface area contributed by atoms with Gasteiger partial charge in [0.25, 0.3) is 5.91 Å². The predicted molar refractivity (Wildman–Crippen MR) is 110 cm³/mol. The maximum Gasteiger partial charge on any atom is 0.254 e. The number of ketones is 1. The first kappa shape index (κ1) is 19.5. The quantitative estimate of drug-likeness (QED) is 0.798. The number of methoxy groups -OCH3 is 2. The van der Waals surface area contributed by atoms with Crippen molar-refractivity contribution in [2.45, 2.75) is 19.5 Å². The van der Waals surface area contributed by atoms with Crippen LogP contribution in [-0.4, -0.2) is 61.9 Å². The minimum Gasteiger partial charge on any atom is -0.497 e. The van der Waals surface area contributed by atoms with Crippen molar-refractivity contribution in [1.82, 2.24) is 9.80 Å². The van der Waals surface area contributed by atoms with Crippen molar-refractivity contribution in [2.75, 3.05) is 34.4 Å². The van der Waals surface area contributed by atoms with Gasteiger partial charge in [-0.25, -0.2) is 0 Å². The summed E-state index contributed by atoms with van der Waals surface area (Å²) in [5.74, 6) is 1.44. The Kier molecular flexibility index (Phi) is 4.82. The lowest BCUT2D eigenvalue weighted by Gasteiger charge is -2.32. The molecule has 0 unspecified atom stereocenters. The van der Waals surface area contributed by atoms with Gasteiger partial charge in [-0.2, -0.15) is 0 Å². The minimum absolute atomic E-state index is 0.0417. The van der Waals surface area contributed by atoms with Crippen LogP contribution in [0.2, 0.25) is 0 Å². The molecule has 1 fully saturated rings. The SMILES string of the molecule is COc1ccc(CN2C[C@H]3N(C)C(=O)c4ccccc4C(=O)[C@@]3(C)C2)c(OC)c1. The smallest absolute Gasteiger partial charge is 0.254 e. The summed E-state index contributed by atoms with van der Waals surface area (Å²) in [6, 6.07) is 12.7. The van der Waals surface area contributed by atoms with Crippen molar-refractivity contribution in [1.29, 1.82) is 0 Å². The third-order valence-corrected chi connectivity index (χ3v) is 6.32. The third kappa shape index (κ3) is 3.08. The molecule has 2 aliphatic heterocycles. The molecule has 0 radical (unpaired) electrons. The molecule has 29 heavy (non-hydrogen) atoms. The van der Waals surface area contributed by atoms with Gasteiger partial charge in [-0.05, 0) is 19.1 Å². The zero-order valence-electron chi connectivity index (χ0n) is 17.3. The summed E-state index contributed by atoms with van der Waals surface area (Å²) in [5, 5.41) is 0. The van der Waals surface area contributed by atoms with Crippen molar-refractivity contribution >= 4 is 11.7 Å². The minimum atomic E-state index is -0.656. The molecule has 1 saturated heterocycles. The van der Waals surface area contributed by atoms with Gasteiger partial charge in [0.2, 0.25) is 0 Å². The molecule has 0 spiro atoms. The van der Waals surface area contributed by atoms with Crippen molar-refractivity contribution in [2.24, 2.45) is 5.41 Å². The Morgan fingerprint density at radius 1 is 1.07 bits per heavy atom. The van der Waals surface area contributed by atoms with Crippen molar-refractivity contribution in [3.63, 3.8) is 0 Å². The number of amides is 1. The fourth-order valence-electron chi connectivity index (χ4n) is 4.70. The van der Waals surface area contributed by atoms with E-state index in [0.717, 1.165) is 17.1 Å². The third-order valence-electron chi connectivity index (χ3n) is 6.32. The number of likely N-dealkylation sites (N-methyl/N-ethyl adjacent to an activating group) is 1. The number of hydrogen-bond donors (Lipinski definition) is 0. The fourth-order valence-corrected chi connectivity index (χ4v) is 4.70. The van der Waals surface area contributed by atoms with Gasteiger partial charge in [0.1, 0.15) is 11.5 Å².